The second kappa shape index (κ2) is 8.53. The summed E-state index contributed by atoms with van der Waals surface area (Å²) in [5, 5.41) is 0. The zero-order valence-corrected chi connectivity index (χ0v) is 13.6. The summed E-state index contributed by atoms with van der Waals surface area (Å²) >= 11 is 0. The highest BCUT2D eigenvalue weighted by Gasteiger charge is 2.04. The van der Waals surface area contributed by atoms with E-state index in [9.17, 15) is 4.39 Å². The maximum absolute atomic E-state index is 12.5. The van der Waals surface area contributed by atoms with Gasteiger partial charge in [-0.1, -0.05) is 80.1 Å². The lowest BCUT2D eigenvalue weighted by Crippen LogP contribution is -1.97. The SMILES string of the molecule is CC(C)c1ccc(C/C(=C/CCF)Cc2ccccc2)cc1. The molecule has 0 aliphatic carbocycles. The summed E-state index contributed by atoms with van der Waals surface area (Å²) in [4.78, 5) is 0. The molecule has 0 unspecified atom stereocenters. The van der Waals surface area contributed by atoms with Gasteiger partial charge in [0.2, 0.25) is 0 Å². The molecule has 0 aliphatic heterocycles. The van der Waals surface area contributed by atoms with E-state index in [1.54, 1.807) is 0 Å². The lowest BCUT2D eigenvalue weighted by molar-refractivity contribution is 0.500. The van der Waals surface area contributed by atoms with Crippen molar-refractivity contribution in [3.05, 3.63) is 82.9 Å². The van der Waals surface area contributed by atoms with Gasteiger partial charge in [0.1, 0.15) is 0 Å². The van der Waals surface area contributed by atoms with Crippen LogP contribution < -0.4 is 0 Å². The third-order valence-corrected chi connectivity index (χ3v) is 3.89. The Morgan fingerprint density at radius 3 is 2.05 bits per heavy atom. The van der Waals surface area contributed by atoms with E-state index in [1.165, 1.54) is 22.3 Å². The van der Waals surface area contributed by atoms with Gasteiger partial charge in [0.15, 0.2) is 0 Å². The summed E-state index contributed by atoms with van der Waals surface area (Å²) in [5.41, 5.74) is 5.24. The zero-order chi connectivity index (χ0) is 15.8. The molecule has 0 heterocycles. The number of hydrogen-bond donors (Lipinski definition) is 0. The topological polar surface area (TPSA) is 0 Å². The summed E-state index contributed by atoms with van der Waals surface area (Å²) in [5.74, 6) is 0.555. The average molecular weight is 296 g/mol. The molecule has 0 fully saturated rings. The number of hydrogen-bond acceptors (Lipinski definition) is 0. The summed E-state index contributed by atoms with van der Waals surface area (Å²) < 4.78 is 12.5. The van der Waals surface area contributed by atoms with Gasteiger partial charge in [-0.3, -0.25) is 4.39 Å². The Hall–Kier alpha value is -1.89. The highest BCUT2D eigenvalue weighted by molar-refractivity contribution is 5.30. The van der Waals surface area contributed by atoms with Crippen LogP contribution in [0.3, 0.4) is 0 Å². The van der Waals surface area contributed by atoms with Crippen molar-refractivity contribution < 1.29 is 4.39 Å². The molecule has 0 radical (unpaired) electrons. The van der Waals surface area contributed by atoms with Crippen LogP contribution in [0.4, 0.5) is 4.39 Å². The number of halogens is 1. The van der Waals surface area contributed by atoms with Crippen LogP contribution in [0, 0.1) is 0 Å². The van der Waals surface area contributed by atoms with E-state index >= 15 is 0 Å². The molecule has 0 N–H and O–H groups in total. The molecule has 2 rings (SSSR count). The van der Waals surface area contributed by atoms with E-state index in [0.29, 0.717) is 12.3 Å². The minimum atomic E-state index is -0.287. The normalized spacial score (nSPS) is 11.9. The molecule has 2 aromatic rings. The third-order valence-electron chi connectivity index (χ3n) is 3.89. The van der Waals surface area contributed by atoms with Crippen LogP contribution in [0.25, 0.3) is 0 Å². The maximum atomic E-state index is 12.5. The molecule has 0 nitrogen and oxygen atoms in total. The van der Waals surface area contributed by atoms with Gasteiger partial charge in [0.25, 0.3) is 0 Å². The fourth-order valence-corrected chi connectivity index (χ4v) is 2.61. The number of alkyl halides is 1. The Kier molecular flexibility index (Phi) is 6.39. The van der Waals surface area contributed by atoms with E-state index in [1.807, 2.05) is 6.07 Å². The molecule has 0 bridgehead atoms. The molecule has 0 aromatic heterocycles. The third kappa shape index (κ3) is 5.14. The summed E-state index contributed by atoms with van der Waals surface area (Å²) in [6.45, 7) is 4.12. The van der Waals surface area contributed by atoms with Crippen LogP contribution in [0.5, 0.6) is 0 Å². The van der Waals surface area contributed by atoms with Crippen molar-refractivity contribution in [2.45, 2.75) is 39.0 Å². The van der Waals surface area contributed by atoms with Crippen molar-refractivity contribution in [1.82, 2.24) is 0 Å². The molecule has 22 heavy (non-hydrogen) atoms. The fourth-order valence-electron chi connectivity index (χ4n) is 2.61. The van der Waals surface area contributed by atoms with E-state index in [0.717, 1.165) is 12.8 Å². The Morgan fingerprint density at radius 2 is 1.50 bits per heavy atom. The fraction of sp³-hybridized carbons (Fsp3) is 0.333. The average Bonchev–Trinajstić information content (AvgIpc) is 2.54. The Morgan fingerprint density at radius 1 is 0.909 bits per heavy atom. The van der Waals surface area contributed by atoms with Gasteiger partial charge in [0, 0.05) is 0 Å². The summed E-state index contributed by atoms with van der Waals surface area (Å²) in [6, 6.07) is 19.2. The van der Waals surface area contributed by atoms with Gasteiger partial charge in [-0.2, -0.15) is 0 Å². The standard InChI is InChI=1S/C21H25F/c1-17(2)21-12-10-19(11-13-21)16-20(9-6-14-22)15-18-7-4-3-5-8-18/h3-5,7-13,17H,6,14-16H2,1-2H3/b20-9+. The van der Waals surface area contributed by atoms with E-state index in [2.05, 4.69) is 68.5 Å². The van der Waals surface area contributed by atoms with Crippen LogP contribution in [0.1, 0.15) is 42.9 Å². The molecule has 0 saturated heterocycles. The molecule has 2 aromatic carbocycles. The maximum Gasteiger partial charge on any atom is 0.0928 e. The Balaban J connectivity index is 2.09. The molecular formula is C21H25F. The Bertz CT molecular complexity index is 579. The Labute approximate surface area is 133 Å². The number of benzene rings is 2. The van der Waals surface area contributed by atoms with Crippen LogP contribution in [-0.2, 0) is 12.8 Å². The lowest BCUT2D eigenvalue weighted by Gasteiger charge is -2.10. The first-order chi connectivity index (χ1) is 10.7. The lowest BCUT2D eigenvalue weighted by atomic mass is 9.95. The van der Waals surface area contributed by atoms with Crippen LogP contribution in [-0.4, -0.2) is 6.67 Å². The molecule has 0 amide bonds. The van der Waals surface area contributed by atoms with Gasteiger partial charge in [-0.05, 0) is 41.9 Å². The van der Waals surface area contributed by atoms with Crippen LogP contribution in [0.2, 0.25) is 0 Å². The first-order valence-corrected chi connectivity index (χ1v) is 8.05. The second-order valence-electron chi connectivity index (χ2n) is 6.08. The van der Waals surface area contributed by atoms with Gasteiger partial charge in [0.05, 0.1) is 6.67 Å². The largest absolute Gasteiger partial charge is 0.251 e. The van der Waals surface area contributed by atoms with Crippen molar-refractivity contribution in [2.75, 3.05) is 6.67 Å². The monoisotopic (exact) mass is 296 g/mol. The van der Waals surface area contributed by atoms with Gasteiger partial charge < -0.3 is 0 Å². The quantitative estimate of drug-likeness (QED) is 0.560. The van der Waals surface area contributed by atoms with Gasteiger partial charge in [-0.25, -0.2) is 0 Å². The smallest absolute Gasteiger partial charge is 0.0928 e. The van der Waals surface area contributed by atoms with Crippen molar-refractivity contribution in [3.63, 3.8) is 0 Å². The zero-order valence-electron chi connectivity index (χ0n) is 13.6. The van der Waals surface area contributed by atoms with E-state index in [-0.39, 0.29) is 6.67 Å². The minimum absolute atomic E-state index is 0.287. The summed E-state index contributed by atoms with van der Waals surface area (Å²) in [6.07, 6.45) is 4.36. The molecule has 0 spiro atoms. The molecule has 0 saturated carbocycles. The van der Waals surface area contributed by atoms with Crippen LogP contribution in [0.15, 0.2) is 66.2 Å². The summed E-state index contributed by atoms with van der Waals surface area (Å²) in [7, 11) is 0. The van der Waals surface area contributed by atoms with Gasteiger partial charge >= 0.3 is 0 Å². The molecular weight excluding hydrogens is 271 g/mol. The van der Waals surface area contributed by atoms with Crippen molar-refractivity contribution in [2.24, 2.45) is 0 Å². The second-order valence-corrected chi connectivity index (χ2v) is 6.08. The van der Waals surface area contributed by atoms with E-state index in [4.69, 9.17) is 0 Å². The minimum Gasteiger partial charge on any atom is -0.251 e. The van der Waals surface area contributed by atoms with E-state index < -0.39 is 0 Å². The van der Waals surface area contributed by atoms with Gasteiger partial charge in [-0.15, -0.1) is 0 Å². The van der Waals surface area contributed by atoms with Crippen molar-refractivity contribution in [3.8, 4) is 0 Å². The molecule has 1 heteroatoms. The highest BCUT2D eigenvalue weighted by Crippen LogP contribution is 2.18. The predicted molar refractivity (Wildman–Crippen MR) is 93.1 cm³/mol. The predicted octanol–water partition coefficient (Wildman–Crippen LogP) is 5.88. The first kappa shape index (κ1) is 16.5. The molecule has 0 aliphatic rings. The van der Waals surface area contributed by atoms with Crippen molar-refractivity contribution in [1.29, 1.82) is 0 Å². The number of allylic oxidation sites excluding steroid dienone is 2. The first-order valence-electron chi connectivity index (χ1n) is 8.05. The number of rotatable bonds is 7. The highest BCUT2D eigenvalue weighted by atomic mass is 19.1. The van der Waals surface area contributed by atoms with Crippen molar-refractivity contribution >= 4 is 0 Å². The van der Waals surface area contributed by atoms with Crippen LogP contribution >= 0.6 is 0 Å². The molecule has 0 atom stereocenters. The molecule has 116 valence electrons.